The molecule has 1 atom stereocenters. The van der Waals surface area contributed by atoms with Crippen LogP contribution in [0.15, 0.2) is 0 Å². The molecular weight excluding hydrogens is 244 g/mol. The van der Waals surface area contributed by atoms with Gasteiger partial charge in [-0.2, -0.15) is 0 Å². The lowest BCUT2D eigenvalue weighted by Gasteiger charge is -2.39. The summed E-state index contributed by atoms with van der Waals surface area (Å²) in [5.74, 6) is 0.232. The molecule has 2 heterocycles. The molecule has 0 aromatic heterocycles. The summed E-state index contributed by atoms with van der Waals surface area (Å²) in [4.78, 5) is 26.5. The highest BCUT2D eigenvalue weighted by Crippen LogP contribution is 2.26. The molecule has 0 aromatic carbocycles. The Bertz CT molecular complexity index is 351. The van der Waals surface area contributed by atoms with Gasteiger partial charge in [0.15, 0.2) is 0 Å². The molecule has 0 saturated carbocycles. The largest absolute Gasteiger partial charge is 0.481 e. The number of hydrogen-bond donors (Lipinski definition) is 1. The molecule has 2 amide bonds. The van der Waals surface area contributed by atoms with Crippen molar-refractivity contribution in [2.75, 3.05) is 26.2 Å². The zero-order chi connectivity index (χ0) is 14.0. The first kappa shape index (κ1) is 14.2. The monoisotopic (exact) mass is 268 g/mol. The number of amides is 2. The summed E-state index contributed by atoms with van der Waals surface area (Å²) in [6, 6.07) is 0.0295. The lowest BCUT2D eigenvalue weighted by molar-refractivity contribution is -0.146. The Morgan fingerprint density at radius 2 is 1.79 bits per heavy atom. The third-order valence-corrected chi connectivity index (χ3v) is 4.49. The standard InChI is InChI=1S/C14H24N2O3/c1-10(2)11-4-3-6-15(7-5-11)14(19)16-8-12(9-16)13(17)18/h10-12H,3-9H2,1-2H3,(H,17,18). The molecule has 2 aliphatic rings. The minimum atomic E-state index is -0.792. The zero-order valence-electron chi connectivity index (χ0n) is 11.8. The van der Waals surface area contributed by atoms with Gasteiger partial charge in [0.05, 0.1) is 5.92 Å². The first-order valence-electron chi connectivity index (χ1n) is 7.25. The zero-order valence-corrected chi connectivity index (χ0v) is 11.8. The van der Waals surface area contributed by atoms with Gasteiger partial charge in [0, 0.05) is 26.2 Å². The first-order valence-corrected chi connectivity index (χ1v) is 7.25. The predicted octanol–water partition coefficient (Wildman–Crippen LogP) is 1.88. The molecule has 1 N–H and O–H groups in total. The van der Waals surface area contributed by atoms with Crippen molar-refractivity contribution in [2.24, 2.45) is 17.8 Å². The molecule has 0 spiro atoms. The van der Waals surface area contributed by atoms with Gasteiger partial charge in [0.2, 0.25) is 0 Å². The quantitative estimate of drug-likeness (QED) is 0.832. The highest BCUT2D eigenvalue weighted by atomic mass is 16.4. The van der Waals surface area contributed by atoms with E-state index >= 15 is 0 Å². The molecule has 2 fully saturated rings. The summed E-state index contributed by atoms with van der Waals surface area (Å²) < 4.78 is 0. The van der Waals surface area contributed by atoms with Crippen LogP contribution in [0.5, 0.6) is 0 Å². The van der Waals surface area contributed by atoms with Crippen LogP contribution >= 0.6 is 0 Å². The van der Waals surface area contributed by atoms with Crippen molar-refractivity contribution in [1.82, 2.24) is 9.80 Å². The van der Waals surface area contributed by atoms with E-state index in [1.54, 1.807) is 4.90 Å². The molecular formula is C14H24N2O3. The average molecular weight is 268 g/mol. The van der Waals surface area contributed by atoms with Crippen molar-refractivity contribution < 1.29 is 14.7 Å². The summed E-state index contributed by atoms with van der Waals surface area (Å²) in [6.07, 6.45) is 3.32. The van der Waals surface area contributed by atoms with Crippen molar-refractivity contribution in [3.8, 4) is 0 Å². The Labute approximate surface area is 114 Å². The fraction of sp³-hybridized carbons (Fsp3) is 0.857. The summed E-state index contributed by atoms with van der Waals surface area (Å²) in [5.41, 5.74) is 0. The van der Waals surface area contributed by atoms with Crippen molar-refractivity contribution in [2.45, 2.75) is 33.1 Å². The van der Waals surface area contributed by atoms with Crippen LogP contribution in [-0.2, 0) is 4.79 Å². The molecule has 19 heavy (non-hydrogen) atoms. The summed E-state index contributed by atoms with van der Waals surface area (Å²) >= 11 is 0. The van der Waals surface area contributed by atoms with E-state index in [9.17, 15) is 9.59 Å². The SMILES string of the molecule is CC(C)C1CCCN(C(=O)N2CC(C(=O)O)C2)CC1. The first-order chi connectivity index (χ1) is 8.99. The maximum atomic E-state index is 12.2. The fourth-order valence-electron chi connectivity index (χ4n) is 2.97. The minimum absolute atomic E-state index is 0.0295. The minimum Gasteiger partial charge on any atom is -0.481 e. The Morgan fingerprint density at radius 3 is 2.37 bits per heavy atom. The van der Waals surface area contributed by atoms with Crippen LogP contribution in [-0.4, -0.2) is 53.1 Å². The van der Waals surface area contributed by atoms with E-state index in [-0.39, 0.29) is 11.9 Å². The van der Waals surface area contributed by atoms with Gasteiger partial charge >= 0.3 is 12.0 Å². The van der Waals surface area contributed by atoms with Crippen LogP contribution in [0.4, 0.5) is 4.79 Å². The third-order valence-electron chi connectivity index (χ3n) is 4.49. The number of carbonyl (C=O) groups is 2. The summed E-state index contributed by atoms with van der Waals surface area (Å²) in [5, 5.41) is 8.83. The Kier molecular flexibility index (Phi) is 4.32. The molecule has 1 unspecified atom stereocenters. The number of likely N-dealkylation sites (tertiary alicyclic amines) is 2. The maximum Gasteiger partial charge on any atom is 0.320 e. The lowest BCUT2D eigenvalue weighted by Crippen LogP contribution is -2.57. The van der Waals surface area contributed by atoms with Crippen LogP contribution < -0.4 is 0 Å². The number of rotatable bonds is 2. The summed E-state index contributed by atoms with van der Waals surface area (Å²) in [6.45, 7) is 6.87. The van der Waals surface area contributed by atoms with Crippen molar-refractivity contribution in [3.63, 3.8) is 0 Å². The Morgan fingerprint density at radius 1 is 1.11 bits per heavy atom. The number of carboxylic acid groups (broad SMARTS) is 1. The van der Waals surface area contributed by atoms with Gasteiger partial charge in [0.1, 0.15) is 0 Å². The summed E-state index contributed by atoms with van der Waals surface area (Å²) in [7, 11) is 0. The molecule has 2 saturated heterocycles. The third kappa shape index (κ3) is 3.19. The second-order valence-electron chi connectivity index (χ2n) is 6.14. The van der Waals surface area contributed by atoms with E-state index in [1.165, 1.54) is 6.42 Å². The Balaban J connectivity index is 1.82. The maximum absolute atomic E-state index is 12.2. The van der Waals surface area contributed by atoms with E-state index in [4.69, 9.17) is 5.11 Å². The van der Waals surface area contributed by atoms with Gasteiger partial charge in [-0.25, -0.2) is 4.79 Å². The predicted molar refractivity (Wildman–Crippen MR) is 71.8 cm³/mol. The molecule has 5 heteroatoms. The van der Waals surface area contributed by atoms with Gasteiger partial charge in [-0.3, -0.25) is 4.79 Å². The second kappa shape index (κ2) is 5.80. The lowest BCUT2D eigenvalue weighted by atomic mass is 9.89. The number of carboxylic acids is 1. The molecule has 0 aromatic rings. The molecule has 108 valence electrons. The van der Waals surface area contributed by atoms with Crippen molar-refractivity contribution in [3.05, 3.63) is 0 Å². The highest BCUT2D eigenvalue weighted by Gasteiger charge is 2.37. The molecule has 0 aliphatic carbocycles. The van der Waals surface area contributed by atoms with Gasteiger partial charge in [-0.1, -0.05) is 13.8 Å². The number of carbonyl (C=O) groups excluding carboxylic acids is 1. The molecule has 5 nitrogen and oxygen atoms in total. The molecule has 0 bridgehead atoms. The van der Waals surface area contributed by atoms with Crippen LogP contribution in [0.1, 0.15) is 33.1 Å². The van der Waals surface area contributed by atoms with E-state index in [0.717, 1.165) is 25.9 Å². The van der Waals surface area contributed by atoms with Gasteiger partial charge in [-0.05, 0) is 31.1 Å². The molecule has 2 aliphatic heterocycles. The topological polar surface area (TPSA) is 60.9 Å². The fourth-order valence-corrected chi connectivity index (χ4v) is 2.97. The van der Waals surface area contributed by atoms with E-state index in [0.29, 0.717) is 24.9 Å². The van der Waals surface area contributed by atoms with E-state index in [1.807, 2.05) is 4.90 Å². The van der Waals surface area contributed by atoms with Crippen LogP contribution in [0, 0.1) is 17.8 Å². The Hall–Kier alpha value is -1.26. The van der Waals surface area contributed by atoms with Gasteiger partial charge in [0.25, 0.3) is 0 Å². The van der Waals surface area contributed by atoms with Gasteiger partial charge < -0.3 is 14.9 Å². The van der Waals surface area contributed by atoms with E-state index < -0.39 is 5.97 Å². The number of aliphatic carboxylic acids is 1. The number of nitrogens with zero attached hydrogens (tertiary/aromatic N) is 2. The van der Waals surface area contributed by atoms with Crippen LogP contribution in [0.25, 0.3) is 0 Å². The second-order valence-corrected chi connectivity index (χ2v) is 6.14. The smallest absolute Gasteiger partial charge is 0.320 e. The van der Waals surface area contributed by atoms with Crippen molar-refractivity contribution in [1.29, 1.82) is 0 Å². The number of hydrogen-bond acceptors (Lipinski definition) is 2. The normalized spacial score (nSPS) is 25.1. The van der Waals surface area contributed by atoms with Gasteiger partial charge in [-0.15, -0.1) is 0 Å². The molecule has 0 radical (unpaired) electrons. The number of urea groups is 1. The van der Waals surface area contributed by atoms with Crippen LogP contribution in [0.2, 0.25) is 0 Å². The highest BCUT2D eigenvalue weighted by molar-refractivity contribution is 5.79. The van der Waals surface area contributed by atoms with Crippen LogP contribution in [0.3, 0.4) is 0 Å². The average Bonchev–Trinajstić information content (AvgIpc) is 2.51. The van der Waals surface area contributed by atoms with E-state index in [2.05, 4.69) is 13.8 Å². The molecule has 2 rings (SSSR count). The van der Waals surface area contributed by atoms with Crippen molar-refractivity contribution >= 4 is 12.0 Å².